The molecule has 0 aromatic carbocycles. The van der Waals surface area contributed by atoms with Crippen molar-refractivity contribution in [3.63, 3.8) is 0 Å². The molecule has 1 saturated heterocycles. The van der Waals surface area contributed by atoms with E-state index in [0.29, 0.717) is 0 Å². The number of amides is 2. The van der Waals surface area contributed by atoms with Crippen molar-refractivity contribution in [2.45, 2.75) is 40.2 Å². The van der Waals surface area contributed by atoms with Gasteiger partial charge in [-0.15, -0.1) is 0 Å². The summed E-state index contributed by atoms with van der Waals surface area (Å²) in [5, 5.41) is 0. The largest absolute Gasteiger partial charge is 0.328 e. The molecule has 2 N–H and O–H groups in total. The van der Waals surface area contributed by atoms with Gasteiger partial charge in [0.2, 0.25) is 11.8 Å². The Kier molecular flexibility index (Phi) is 3.71. The number of nitrogens with zero attached hydrogens (tertiary/aromatic N) is 1. The second-order valence-corrected chi connectivity index (χ2v) is 5.57. The van der Waals surface area contributed by atoms with Crippen LogP contribution in [-0.4, -0.2) is 35.1 Å². The standard InChI is InChI=1S/C12H20N2O3/c1-7-5-9(15)14(11(7)17)8(6-13)10(16)12(2,3)4/h7-8H,5-6,13H2,1-4H3. The molecule has 1 heterocycles. The maximum Gasteiger partial charge on any atom is 0.233 e. The molecule has 96 valence electrons. The predicted octanol–water partition coefficient (Wildman–Crippen LogP) is 0.324. The fraction of sp³-hybridized carbons (Fsp3) is 0.750. The lowest BCUT2D eigenvalue weighted by Crippen LogP contribution is -2.52. The van der Waals surface area contributed by atoms with E-state index in [1.807, 2.05) is 0 Å². The van der Waals surface area contributed by atoms with Crippen LogP contribution in [0.25, 0.3) is 0 Å². The van der Waals surface area contributed by atoms with Gasteiger partial charge in [0.1, 0.15) is 6.04 Å². The van der Waals surface area contributed by atoms with Gasteiger partial charge in [-0.2, -0.15) is 0 Å². The van der Waals surface area contributed by atoms with Gasteiger partial charge >= 0.3 is 0 Å². The smallest absolute Gasteiger partial charge is 0.233 e. The summed E-state index contributed by atoms with van der Waals surface area (Å²) in [4.78, 5) is 36.8. The van der Waals surface area contributed by atoms with Crippen LogP contribution in [0.4, 0.5) is 0 Å². The van der Waals surface area contributed by atoms with Gasteiger partial charge in [-0.1, -0.05) is 27.7 Å². The topological polar surface area (TPSA) is 80.5 Å². The van der Waals surface area contributed by atoms with Gasteiger partial charge in [-0.3, -0.25) is 19.3 Å². The van der Waals surface area contributed by atoms with E-state index in [0.717, 1.165) is 4.90 Å². The number of hydrogen-bond donors (Lipinski definition) is 1. The summed E-state index contributed by atoms with van der Waals surface area (Å²) in [6.07, 6.45) is 0.173. The Morgan fingerprint density at radius 2 is 2.00 bits per heavy atom. The van der Waals surface area contributed by atoms with Crippen molar-refractivity contribution in [2.24, 2.45) is 17.1 Å². The molecule has 0 aromatic rings. The van der Waals surface area contributed by atoms with Crippen LogP contribution in [0.1, 0.15) is 34.1 Å². The second kappa shape index (κ2) is 4.56. The van der Waals surface area contributed by atoms with E-state index in [9.17, 15) is 14.4 Å². The Morgan fingerprint density at radius 3 is 2.29 bits per heavy atom. The fourth-order valence-corrected chi connectivity index (χ4v) is 1.96. The normalized spacial score (nSPS) is 23.1. The third-order valence-corrected chi connectivity index (χ3v) is 2.99. The highest BCUT2D eigenvalue weighted by Crippen LogP contribution is 2.26. The van der Waals surface area contributed by atoms with Crippen LogP contribution in [0, 0.1) is 11.3 Å². The molecule has 0 aromatic heterocycles. The Morgan fingerprint density at radius 1 is 1.47 bits per heavy atom. The van der Waals surface area contributed by atoms with Gasteiger partial charge in [-0.05, 0) is 0 Å². The van der Waals surface area contributed by atoms with E-state index in [2.05, 4.69) is 0 Å². The van der Waals surface area contributed by atoms with Crippen molar-refractivity contribution < 1.29 is 14.4 Å². The summed E-state index contributed by atoms with van der Waals surface area (Å²) >= 11 is 0. The number of imide groups is 1. The number of Topliss-reactive ketones (excluding diaryl/α,β-unsaturated/α-hetero) is 1. The molecular formula is C12H20N2O3. The first-order valence-corrected chi connectivity index (χ1v) is 5.80. The van der Waals surface area contributed by atoms with Gasteiger partial charge in [0.25, 0.3) is 0 Å². The van der Waals surface area contributed by atoms with E-state index in [1.165, 1.54) is 0 Å². The van der Waals surface area contributed by atoms with E-state index in [1.54, 1.807) is 27.7 Å². The third kappa shape index (κ3) is 2.54. The van der Waals surface area contributed by atoms with Crippen LogP contribution in [0.5, 0.6) is 0 Å². The first kappa shape index (κ1) is 13.8. The fourth-order valence-electron chi connectivity index (χ4n) is 1.96. The number of carbonyl (C=O) groups is 3. The van der Waals surface area contributed by atoms with Crippen LogP contribution in [0.15, 0.2) is 0 Å². The van der Waals surface area contributed by atoms with Crippen LogP contribution in [-0.2, 0) is 14.4 Å². The Hall–Kier alpha value is -1.23. The van der Waals surface area contributed by atoms with Gasteiger partial charge in [-0.25, -0.2) is 0 Å². The first-order chi connectivity index (χ1) is 7.70. The molecule has 0 radical (unpaired) electrons. The van der Waals surface area contributed by atoms with Crippen molar-refractivity contribution in [3.05, 3.63) is 0 Å². The van der Waals surface area contributed by atoms with E-state index in [-0.39, 0.29) is 36.5 Å². The van der Waals surface area contributed by atoms with Crippen LogP contribution in [0.3, 0.4) is 0 Å². The van der Waals surface area contributed by atoms with Crippen LogP contribution in [0.2, 0.25) is 0 Å². The molecule has 1 aliphatic rings. The molecule has 1 rings (SSSR count). The average molecular weight is 240 g/mol. The third-order valence-electron chi connectivity index (χ3n) is 2.99. The molecule has 17 heavy (non-hydrogen) atoms. The molecule has 0 spiro atoms. The van der Waals surface area contributed by atoms with Gasteiger partial charge in [0.15, 0.2) is 5.78 Å². The monoisotopic (exact) mass is 240 g/mol. The predicted molar refractivity (Wildman–Crippen MR) is 62.9 cm³/mol. The number of likely N-dealkylation sites (tertiary alicyclic amines) is 1. The summed E-state index contributed by atoms with van der Waals surface area (Å²) in [7, 11) is 0. The zero-order chi connectivity index (χ0) is 13.4. The van der Waals surface area contributed by atoms with Gasteiger partial charge < -0.3 is 5.73 Å². The molecule has 2 amide bonds. The van der Waals surface area contributed by atoms with Gasteiger partial charge in [0.05, 0.1) is 0 Å². The minimum Gasteiger partial charge on any atom is -0.328 e. The number of nitrogens with two attached hydrogens (primary N) is 1. The maximum atomic E-state index is 12.2. The summed E-state index contributed by atoms with van der Waals surface area (Å²) in [5.74, 6) is -1.10. The minimum atomic E-state index is -0.819. The molecule has 1 fully saturated rings. The Labute approximate surface area is 101 Å². The highest BCUT2D eigenvalue weighted by atomic mass is 16.2. The lowest BCUT2D eigenvalue weighted by atomic mass is 9.86. The first-order valence-electron chi connectivity index (χ1n) is 5.80. The molecular weight excluding hydrogens is 220 g/mol. The molecule has 5 heteroatoms. The number of hydrogen-bond acceptors (Lipinski definition) is 4. The van der Waals surface area contributed by atoms with Crippen LogP contribution >= 0.6 is 0 Å². The summed E-state index contributed by atoms with van der Waals surface area (Å²) in [6.45, 7) is 6.95. The zero-order valence-electron chi connectivity index (χ0n) is 10.8. The zero-order valence-corrected chi connectivity index (χ0v) is 10.8. The Balaban J connectivity index is 3.00. The highest BCUT2D eigenvalue weighted by Gasteiger charge is 2.44. The lowest BCUT2D eigenvalue weighted by molar-refractivity contribution is -0.148. The lowest BCUT2D eigenvalue weighted by Gasteiger charge is -2.29. The van der Waals surface area contributed by atoms with Crippen molar-refractivity contribution in [1.29, 1.82) is 0 Å². The second-order valence-electron chi connectivity index (χ2n) is 5.57. The minimum absolute atomic E-state index is 0.0136. The number of carbonyl (C=O) groups excluding carboxylic acids is 3. The SMILES string of the molecule is CC1CC(=O)N(C(CN)C(=O)C(C)(C)C)C1=O. The summed E-state index contributed by atoms with van der Waals surface area (Å²) < 4.78 is 0. The summed E-state index contributed by atoms with van der Waals surface area (Å²) in [6, 6.07) is -0.819. The molecule has 5 nitrogen and oxygen atoms in total. The summed E-state index contributed by atoms with van der Waals surface area (Å²) in [5.41, 5.74) is 4.94. The molecule has 0 saturated carbocycles. The molecule has 1 aliphatic heterocycles. The molecule has 0 bridgehead atoms. The van der Waals surface area contributed by atoms with E-state index >= 15 is 0 Å². The molecule has 0 aliphatic carbocycles. The van der Waals surface area contributed by atoms with Crippen molar-refractivity contribution >= 4 is 17.6 Å². The Bertz CT molecular complexity index is 357. The van der Waals surface area contributed by atoms with Gasteiger partial charge in [0, 0.05) is 24.3 Å². The van der Waals surface area contributed by atoms with Crippen LogP contribution < -0.4 is 5.73 Å². The van der Waals surface area contributed by atoms with Crippen molar-refractivity contribution in [2.75, 3.05) is 6.54 Å². The maximum absolute atomic E-state index is 12.2. The van der Waals surface area contributed by atoms with Crippen molar-refractivity contribution in [1.82, 2.24) is 4.90 Å². The van der Waals surface area contributed by atoms with E-state index in [4.69, 9.17) is 5.73 Å². The number of ketones is 1. The molecule has 2 unspecified atom stereocenters. The van der Waals surface area contributed by atoms with Crippen molar-refractivity contribution in [3.8, 4) is 0 Å². The van der Waals surface area contributed by atoms with E-state index < -0.39 is 11.5 Å². The molecule has 2 atom stereocenters. The number of rotatable bonds is 3. The highest BCUT2D eigenvalue weighted by molar-refractivity contribution is 6.07. The average Bonchev–Trinajstić information content (AvgIpc) is 2.44. The quantitative estimate of drug-likeness (QED) is 0.721.